The molecule has 1 aromatic heterocycles. The van der Waals surface area contributed by atoms with Crippen LogP contribution in [0, 0.1) is 0 Å². The van der Waals surface area contributed by atoms with Crippen LogP contribution in [0.2, 0.25) is 0 Å². The topological polar surface area (TPSA) is 114 Å². The van der Waals surface area contributed by atoms with E-state index in [2.05, 4.69) is 10.3 Å². The van der Waals surface area contributed by atoms with Gasteiger partial charge < -0.3 is 15.7 Å². The number of hydrogen-bond donors (Lipinski definition) is 2. The first-order valence-electron chi connectivity index (χ1n) is 12.2. The third-order valence-corrected chi connectivity index (χ3v) is 6.95. The lowest BCUT2D eigenvalue weighted by atomic mass is 9.88. The second-order valence-electron chi connectivity index (χ2n) is 9.42. The van der Waals surface area contributed by atoms with Crippen molar-refractivity contribution in [2.24, 2.45) is 5.73 Å². The van der Waals surface area contributed by atoms with Gasteiger partial charge in [-0.25, -0.2) is 9.48 Å². The maximum absolute atomic E-state index is 12.9. The number of aromatic nitrogens is 3. The molecule has 0 radical (unpaired) electrons. The van der Waals surface area contributed by atoms with E-state index in [0.29, 0.717) is 30.0 Å². The summed E-state index contributed by atoms with van der Waals surface area (Å²) in [5, 5.41) is 17.4. The van der Waals surface area contributed by atoms with E-state index in [1.807, 2.05) is 30.3 Å². The van der Waals surface area contributed by atoms with Crippen LogP contribution in [-0.4, -0.2) is 50.1 Å². The smallest absolute Gasteiger partial charge is 0.416 e. The second-order valence-corrected chi connectivity index (χ2v) is 9.42. The van der Waals surface area contributed by atoms with Gasteiger partial charge in [-0.15, -0.1) is 5.10 Å². The third kappa shape index (κ3) is 5.62. The van der Waals surface area contributed by atoms with Gasteiger partial charge in [-0.3, -0.25) is 4.79 Å². The minimum atomic E-state index is -4.43. The maximum Gasteiger partial charge on any atom is 0.416 e. The summed E-state index contributed by atoms with van der Waals surface area (Å²) in [6.07, 6.45) is -2.26. The summed E-state index contributed by atoms with van der Waals surface area (Å²) < 4.78 is 40.1. The van der Waals surface area contributed by atoms with Gasteiger partial charge in [0.25, 0.3) is 0 Å². The Morgan fingerprint density at radius 1 is 0.897 bits per heavy atom. The molecule has 2 amide bonds. The number of benzene rings is 3. The molecule has 1 fully saturated rings. The molecular formula is C28H24F3N5O3. The highest BCUT2D eigenvalue weighted by Gasteiger charge is 2.30. The van der Waals surface area contributed by atoms with E-state index in [-0.39, 0.29) is 11.5 Å². The molecule has 3 aromatic carbocycles. The maximum atomic E-state index is 12.9. The predicted molar refractivity (Wildman–Crippen MR) is 137 cm³/mol. The van der Waals surface area contributed by atoms with E-state index < -0.39 is 23.7 Å². The highest BCUT2D eigenvalue weighted by Crippen LogP contribution is 2.32. The summed E-state index contributed by atoms with van der Waals surface area (Å²) >= 11 is 0. The number of amides is 2. The minimum Gasteiger partial charge on any atom is -0.465 e. The van der Waals surface area contributed by atoms with Crippen molar-refractivity contribution in [3.05, 3.63) is 89.6 Å². The molecule has 1 aliphatic heterocycles. The van der Waals surface area contributed by atoms with E-state index in [1.165, 1.54) is 21.7 Å². The van der Waals surface area contributed by atoms with Crippen molar-refractivity contribution in [3.8, 4) is 28.1 Å². The molecule has 0 saturated carbocycles. The lowest BCUT2D eigenvalue weighted by Crippen LogP contribution is -2.36. The van der Waals surface area contributed by atoms with E-state index >= 15 is 0 Å². The average Bonchev–Trinajstić information content (AvgIpc) is 3.43. The normalized spacial score (nSPS) is 14.4. The summed E-state index contributed by atoms with van der Waals surface area (Å²) in [4.78, 5) is 24.7. The van der Waals surface area contributed by atoms with Crippen LogP contribution in [0.1, 0.15) is 40.2 Å². The molecule has 0 atom stereocenters. The Kier molecular flexibility index (Phi) is 6.81. The average molecular weight is 536 g/mol. The van der Waals surface area contributed by atoms with Crippen LogP contribution in [0.5, 0.6) is 0 Å². The fourth-order valence-corrected chi connectivity index (χ4v) is 4.76. The van der Waals surface area contributed by atoms with Crippen LogP contribution in [0.25, 0.3) is 28.1 Å². The Morgan fingerprint density at radius 3 is 2.13 bits per heavy atom. The van der Waals surface area contributed by atoms with Crippen molar-refractivity contribution in [2.75, 3.05) is 13.1 Å². The van der Waals surface area contributed by atoms with Gasteiger partial charge in [-0.1, -0.05) is 41.6 Å². The molecule has 11 heteroatoms. The summed E-state index contributed by atoms with van der Waals surface area (Å²) in [5.41, 5.74) is 9.12. The number of nitrogens with zero attached hydrogens (tertiary/aromatic N) is 4. The number of carbonyl (C=O) groups is 2. The number of rotatable bonds is 5. The van der Waals surface area contributed by atoms with Gasteiger partial charge in [0.2, 0.25) is 5.91 Å². The van der Waals surface area contributed by atoms with Crippen LogP contribution in [-0.2, 0) is 6.18 Å². The van der Waals surface area contributed by atoms with Gasteiger partial charge in [-0.2, -0.15) is 13.2 Å². The van der Waals surface area contributed by atoms with Gasteiger partial charge in [-0.05, 0) is 65.8 Å². The lowest BCUT2D eigenvalue weighted by molar-refractivity contribution is -0.137. The summed E-state index contributed by atoms with van der Waals surface area (Å²) in [5.74, 6) is -0.357. The zero-order valence-corrected chi connectivity index (χ0v) is 20.6. The molecule has 200 valence electrons. The Labute approximate surface area is 221 Å². The molecule has 2 heterocycles. The number of alkyl halides is 3. The molecule has 39 heavy (non-hydrogen) atoms. The van der Waals surface area contributed by atoms with E-state index in [0.717, 1.165) is 41.7 Å². The van der Waals surface area contributed by atoms with E-state index in [4.69, 9.17) is 10.8 Å². The first-order valence-corrected chi connectivity index (χ1v) is 12.2. The zero-order valence-electron chi connectivity index (χ0n) is 20.6. The summed E-state index contributed by atoms with van der Waals surface area (Å²) in [7, 11) is 0. The quantitative estimate of drug-likeness (QED) is 0.347. The number of piperidine rings is 1. The van der Waals surface area contributed by atoms with Gasteiger partial charge in [0.05, 0.1) is 17.4 Å². The Hall–Kier alpha value is -4.67. The number of likely N-dealkylation sites (tertiary alicyclic amines) is 1. The highest BCUT2D eigenvalue weighted by molar-refractivity contribution is 5.95. The first kappa shape index (κ1) is 26.0. The molecular weight excluding hydrogens is 511 g/mol. The molecule has 0 aliphatic carbocycles. The van der Waals surface area contributed by atoms with Crippen molar-refractivity contribution < 1.29 is 27.9 Å². The summed E-state index contributed by atoms with van der Waals surface area (Å²) in [6.45, 7) is 0.996. The Bertz CT molecular complexity index is 1510. The van der Waals surface area contributed by atoms with Gasteiger partial charge >= 0.3 is 12.3 Å². The monoisotopic (exact) mass is 535 g/mol. The fraction of sp³-hybridized carbons (Fsp3) is 0.214. The first-order chi connectivity index (χ1) is 18.6. The molecule has 4 aromatic rings. The Balaban J connectivity index is 1.40. The zero-order chi connectivity index (χ0) is 27.7. The number of nitrogens with two attached hydrogens (primary N) is 1. The van der Waals surface area contributed by atoms with Crippen LogP contribution in [0.4, 0.5) is 18.0 Å². The third-order valence-electron chi connectivity index (χ3n) is 6.95. The molecule has 1 aliphatic rings. The SMILES string of the molecule is NC(=O)c1cc(-c2ccc(C3CCN(C(=O)O)CC3)cc2)cc(-n2cc(-c3ccc(C(F)(F)F)cc3)nn2)c1. The molecule has 0 bridgehead atoms. The second kappa shape index (κ2) is 10.2. The van der Waals surface area contributed by atoms with Gasteiger partial charge in [0, 0.05) is 24.2 Å². The molecule has 3 N–H and O–H groups in total. The van der Waals surface area contributed by atoms with Crippen molar-refractivity contribution in [3.63, 3.8) is 0 Å². The highest BCUT2D eigenvalue weighted by atomic mass is 19.4. The predicted octanol–water partition coefficient (Wildman–Crippen LogP) is 5.58. The standard InChI is InChI=1S/C28H24F3N5O3/c29-28(30,31)23-7-5-20(6-8-23)25-16-36(34-33-25)24-14-21(13-22(15-24)26(32)37)18-3-1-17(2-4-18)19-9-11-35(12-10-19)27(38)39/h1-8,13-16,19H,9-12H2,(H2,32,37)(H,38,39). The van der Waals surface area contributed by atoms with E-state index in [1.54, 1.807) is 18.3 Å². The van der Waals surface area contributed by atoms with Crippen molar-refractivity contribution in [1.82, 2.24) is 19.9 Å². The largest absolute Gasteiger partial charge is 0.465 e. The lowest BCUT2D eigenvalue weighted by Gasteiger charge is -2.30. The van der Waals surface area contributed by atoms with Crippen LogP contribution in [0.15, 0.2) is 72.9 Å². The van der Waals surface area contributed by atoms with E-state index in [9.17, 15) is 22.8 Å². The summed E-state index contributed by atoms with van der Waals surface area (Å²) in [6, 6.07) is 17.6. The molecule has 5 rings (SSSR count). The molecule has 0 unspecified atom stereocenters. The number of carbonyl (C=O) groups excluding carboxylic acids is 1. The Morgan fingerprint density at radius 2 is 1.54 bits per heavy atom. The number of halogens is 3. The number of primary amides is 1. The van der Waals surface area contributed by atoms with Crippen molar-refractivity contribution >= 4 is 12.0 Å². The van der Waals surface area contributed by atoms with Crippen molar-refractivity contribution in [1.29, 1.82) is 0 Å². The number of carboxylic acid groups (broad SMARTS) is 1. The van der Waals surface area contributed by atoms with Gasteiger partial charge in [0.15, 0.2) is 0 Å². The number of hydrogen-bond acceptors (Lipinski definition) is 4. The minimum absolute atomic E-state index is 0.263. The molecule has 1 saturated heterocycles. The molecule has 8 nitrogen and oxygen atoms in total. The van der Waals surface area contributed by atoms with Crippen LogP contribution >= 0.6 is 0 Å². The van der Waals surface area contributed by atoms with Gasteiger partial charge in [0.1, 0.15) is 5.69 Å². The fourth-order valence-electron chi connectivity index (χ4n) is 4.76. The van der Waals surface area contributed by atoms with Crippen LogP contribution in [0.3, 0.4) is 0 Å². The molecule has 0 spiro atoms. The van der Waals surface area contributed by atoms with Crippen molar-refractivity contribution in [2.45, 2.75) is 24.9 Å². The van der Waals surface area contributed by atoms with Crippen LogP contribution < -0.4 is 5.73 Å².